The Morgan fingerprint density at radius 1 is 0.908 bits per heavy atom. The third kappa shape index (κ3) is 13.9. The Labute approximate surface area is 472 Å². The van der Waals surface area contributed by atoms with Crippen molar-refractivity contribution in [2.24, 2.45) is 17.8 Å². The highest BCUT2D eigenvalue weighted by molar-refractivity contribution is 14.1. The van der Waals surface area contributed by atoms with Gasteiger partial charge in [-0.2, -0.15) is 0 Å². The second-order valence-electron chi connectivity index (χ2n) is 22.9. The minimum absolute atomic E-state index is 0.0723. The van der Waals surface area contributed by atoms with Crippen molar-refractivity contribution in [3.8, 4) is 21.6 Å². The number of esters is 1. The number of rotatable bonds is 13. The highest BCUT2D eigenvalue weighted by Crippen LogP contribution is 2.51. The van der Waals surface area contributed by atoms with Crippen LogP contribution in [0.1, 0.15) is 99.3 Å². The molecule has 7 rings (SSSR count). The molecule has 0 spiro atoms. The molecule has 0 saturated carbocycles. The first-order valence-electron chi connectivity index (χ1n) is 26.9. The molecule has 18 atom stereocenters. The fourth-order valence-electron chi connectivity index (χ4n) is 11.7. The number of ether oxygens (including phenoxy) is 6. The molecule has 16 nitrogen and oxygen atoms in total. The van der Waals surface area contributed by atoms with E-state index in [0.717, 1.165) is 4.88 Å². The van der Waals surface area contributed by atoms with E-state index in [1.807, 2.05) is 74.2 Å². The molecule has 4 aliphatic heterocycles. The molecule has 1 aromatic heterocycles. The number of methoxy groups -OCH3 is 1. The summed E-state index contributed by atoms with van der Waals surface area (Å²) in [7, 11) is 5.27. The molecule has 0 aliphatic carbocycles. The third-order valence-corrected chi connectivity index (χ3v) is 20.2. The Balaban J connectivity index is 1.11. The molecule has 2 aromatic carbocycles. The van der Waals surface area contributed by atoms with Crippen LogP contribution in [0.3, 0.4) is 0 Å². The summed E-state index contributed by atoms with van der Waals surface area (Å²) in [4.78, 5) is 36.7. The van der Waals surface area contributed by atoms with Gasteiger partial charge in [-0.3, -0.25) is 14.5 Å². The van der Waals surface area contributed by atoms with Crippen molar-refractivity contribution in [1.29, 1.82) is 0 Å². The first-order chi connectivity index (χ1) is 35.8. The highest BCUT2D eigenvalue weighted by atomic mass is 127. The molecule has 1 amide bonds. The largest absolute Gasteiger partial charge is 0.448 e. The van der Waals surface area contributed by atoms with Crippen LogP contribution in [0.25, 0.3) is 21.6 Å². The topological polar surface area (TPSA) is 209 Å². The van der Waals surface area contributed by atoms with Crippen LogP contribution in [0.4, 0.5) is 0 Å². The van der Waals surface area contributed by atoms with E-state index in [-0.39, 0.29) is 36.8 Å². The van der Waals surface area contributed by atoms with Crippen molar-refractivity contribution in [2.75, 3.05) is 40.8 Å². The van der Waals surface area contributed by atoms with Gasteiger partial charge < -0.3 is 64.2 Å². The number of likely N-dealkylation sites (N-methyl/N-ethyl adjacent to an activating group) is 1. The van der Waals surface area contributed by atoms with Crippen LogP contribution in [0, 0.1) is 17.8 Å². The second-order valence-corrected chi connectivity index (χ2v) is 26.2. The van der Waals surface area contributed by atoms with Gasteiger partial charge in [0.2, 0.25) is 5.91 Å². The van der Waals surface area contributed by atoms with Crippen LogP contribution in [0.2, 0.25) is 0 Å². The van der Waals surface area contributed by atoms with Crippen LogP contribution >= 0.6 is 45.7 Å². The smallest absolute Gasteiger partial charge is 0.312 e. The lowest BCUT2D eigenvalue weighted by molar-refractivity contribution is -0.317. The Morgan fingerprint density at radius 3 is 2.24 bits per heavy atom. The molecule has 5 heterocycles. The quantitative estimate of drug-likeness (QED) is 0.0337. The van der Waals surface area contributed by atoms with E-state index in [0.29, 0.717) is 45.3 Å². The number of hydrogen-bond acceptors (Lipinski definition) is 17. The number of carbonyl (C=O) groups is 2. The summed E-state index contributed by atoms with van der Waals surface area (Å²) in [5, 5.41) is 63.2. The minimum atomic E-state index is -1.94. The van der Waals surface area contributed by atoms with Crippen LogP contribution in [-0.2, 0) is 44.4 Å². The van der Waals surface area contributed by atoms with Gasteiger partial charge in [0.25, 0.3) is 0 Å². The van der Waals surface area contributed by atoms with Crippen LogP contribution < -0.4 is 5.32 Å². The maximum absolute atomic E-state index is 14.5. The number of benzene rings is 2. The van der Waals surface area contributed by atoms with Crippen molar-refractivity contribution in [3.05, 3.63) is 59.5 Å². The number of alkyl halides is 1. The van der Waals surface area contributed by atoms with E-state index in [4.69, 9.17) is 28.4 Å². The van der Waals surface area contributed by atoms with Crippen LogP contribution in [0.15, 0.2) is 64.4 Å². The molecule has 3 aromatic rings. The lowest BCUT2D eigenvalue weighted by Gasteiger charge is -2.48. The predicted molar refractivity (Wildman–Crippen MR) is 302 cm³/mol. The number of carbonyl (C=O) groups excluding carboxylic acids is 2. The fourth-order valence-corrected chi connectivity index (χ4v) is 14.7. The molecule has 6 N–H and O–H groups in total. The number of amides is 1. The number of fused-ring (bicyclic) bond motifs is 5. The van der Waals surface area contributed by atoms with E-state index in [1.54, 1.807) is 50.8 Å². The first kappa shape index (κ1) is 61.3. The van der Waals surface area contributed by atoms with Gasteiger partial charge in [0, 0.05) is 88.3 Å². The maximum Gasteiger partial charge on any atom is 0.312 e. The molecule has 19 heteroatoms. The number of cyclic esters (lactones) is 1. The summed E-state index contributed by atoms with van der Waals surface area (Å²) in [5.41, 5.74) is -1.09. The molecule has 76 heavy (non-hydrogen) atoms. The lowest BCUT2D eigenvalue weighted by Crippen LogP contribution is -2.60. The summed E-state index contributed by atoms with van der Waals surface area (Å²) in [6.07, 6.45) is -6.67. The zero-order chi connectivity index (χ0) is 55.6. The van der Waals surface area contributed by atoms with Crippen molar-refractivity contribution in [2.45, 2.75) is 199 Å². The minimum Gasteiger partial charge on any atom is -0.448 e. The number of aliphatic hydroxyl groups excluding tert-OH is 3. The number of hydrogen-bond donors (Lipinski definition) is 6. The summed E-state index contributed by atoms with van der Waals surface area (Å²) >= 11 is 5.36. The van der Waals surface area contributed by atoms with E-state index >= 15 is 0 Å². The Bertz CT molecular complexity index is 2370. The van der Waals surface area contributed by atoms with Crippen LogP contribution in [-0.4, -0.2) is 176 Å². The number of aliphatic hydroxyl groups is 5. The number of halogens is 1. The molecule has 0 unspecified atom stereocenters. The zero-order valence-corrected chi connectivity index (χ0v) is 50.1. The van der Waals surface area contributed by atoms with Gasteiger partial charge in [-0.15, -0.1) is 11.3 Å². The van der Waals surface area contributed by atoms with Gasteiger partial charge in [0.15, 0.2) is 16.7 Å². The van der Waals surface area contributed by atoms with Gasteiger partial charge >= 0.3 is 5.97 Å². The molecule has 0 radical (unpaired) electrons. The molecular formula is C57H84IN3O13S2. The molecule has 3 saturated heterocycles. The van der Waals surface area contributed by atoms with Crippen molar-refractivity contribution >= 4 is 57.6 Å². The Morgan fingerprint density at radius 2 is 1.57 bits per heavy atom. The zero-order valence-electron chi connectivity index (χ0n) is 46.3. The second kappa shape index (κ2) is 25.6. The average Bonchev–Trinajstić information content (AvgIpc) is 3.77. The molecule has 4 aliphatic rings. The van der Waals surface area contributed by atoms with Gasteiger partial charge in [-0.25, -0.2) is 0 Å². The molecule has 424 valence electrons. The standard InChI is InChI=1S/C57H84IN3O13S2/c1-31-28-55(7,67)51(73-53-46(63)41(60(10)11)26-32(2)70-53)33(3)47(72-45-29-56(8,69-12)50(65)36(6)71-45)34(4)52(66)74-54(58)57(9,68)49(64)35(5)61(30-31)25-17-24-59-44(62)23-22-37-27-40-38-18-13-15-20-42(38)76-43-21-16-14-19-39(43)48(40)75-37/h13-16,18-21,27,31-36,41,45-47,49-51,53-54,63-65,67-68H,17,22-26,28-30H2,1-12H3,(H,59,62)/t31-,32-,33+,34-,35-,36+,41+,45+,46-,47+,49-,50+,51-,53+,54+,55-,56-,57+/m1/s1. The molecule has 3 fully saturated rings. The van der Waals surface area contributed by atoms with Crippen molar-refractivity contribution in [1.82, 2.24) is 15.1 Å². The van der Waals surface area contributed by atoms with E-state index in [1.165, 1.54) is 45.4 Å². The Hall–Kier alpha value is -2.32. The van der Waals surface area contributed by atoms with Crippen LogP contribution in [0.5, 0.6) is 0 Å². The van der Waals surface area contributed by atoms with Crippen molar-refractivity contribution in [3.63, 3.8) is 0 Å². The average molecular weight is 1210 g/mol. The highest BCUT2D eigenvalue weighted by Gasteiger charge is 2.53. The Kier molecular flexibility index (Phi) is 20.7. The number of aryl methyl sites for hydroxylation is 1. The molecular weight excluding hydrogens is 1130 g/mol. The van der Waals surface area contributed by atoms with E-state index < -0.39 is 94.0 Å². The van der Waals surface area contributed by atoms with Gasteiger partial charge in [0.1, 0.15) is 23.9 Å². The summed E-state index contributed by atoms with van der Waals surface area (Å²) in [5.74, 6) is -2.98. The van der Waals surface area contributed by atoms with Gasteiger partial charge in [-0.1, -0.05) is 62.0 Å². The SMILES string of the molecule is CO[C@]1(C)C[C@H](O[C@H]2[C@H](C)[C@@H](O[C@@H]3O[C@H](C)C[C@H](N(C)C)[C@H]3O)[C@](C)(O)C[C@@H](C)CN(CCCNC(=O)CCc3cc4c(s3)-c3ccccc3Sc3ccccc3-4)[C@H](C)[C@@H](O)[C@](C)(O)[C@@H](I)OC(=O)[C@@H]2C)O[C@@H](C)[C@@H]1O. The van der Waals surface area contributed by atoms with Gasteiger partial charge in [0.05, 0.1) is 41.5 Å². The monoisotopic (exact) mass is 1210 g/mol. The first-order valence-corrected chi connectivity index (χ1v) is 29.8. The summed E-state index contributed by atoms with van der Waals surface area (Å²) in [6, 6.07) is 18.1. The fraction of sp³-hybridized carbons (Fsp3) is 0.684. The number of nitrogens with one attached hydrogen (secondary N) is 1. The molecule has 0 bridgehead atoms. The van der Waals surface area contributed by atoms with Crippen molar-refractivity contribution < 1.29 is 63.5 Å². The summed E-state index contributed by atoms with van der Waals surface area (Å²) < 4.78 is 36.8. The van der Waals surface area contributed by atoms with E-state index in [2.05, 4.69) is 59.9 Å². The predicted octanol–water partition coefficient (Wildman–Crippen LogP) is 7.25. The third-order valence-electron chi connectivity index (χ3n) is 16.3. The summed E-state index contributed by atoms with van der Waals surface area (Å²) in [6.45, 7) is 16.9. The number of thiophene rings is 1. The number of nitrogens with zero attached hydrogens (tertiary/aromatic N) is 2. The maximum atomic E-state index is 14.5. The lowest BCUT2D eigenvalue weighted by atomic mass is 9.77. The van der Waals surface area contributed by atoms with E-state index in [9.17, 15) is 35.1 Å². The van der Waals surface area contributed by atoms with Gasteiger partial charge in [-0.05, 0) is 141 Å². The normalized spacial score (nSPS) is 37.9.